The number of carboxylic acids is 1. The topological polar surface area (TPSA) is 53.4 Å². The Morgan fingerprint density at radius 3 is 3.06 bits per heavy atom. The number of aromatic nitrogens is 1. The van der Waals surface area contributed by atoms with Gasteiger partial charge in [0.05, 0.1) is 0 Å². The monoisotopic (exact) mass is 260 g/mol. The van der Waals surface area contributed by atoms with Gasteiger partial charge in [0.25, 0.3) is 0 Å². The van der Waals surface area contributed by atoms with Gasteiger partial charge >= 0.3 is 5.97 Å². The van der Waals surface area contributed by atoms with Crippen molar-refractivity contribution >= 4 is 34.0 Å². The highest BCUT2D eigenvalue weighted by molar-refractivity contribution is 7.18. The number of hydrogen-bond acceptors (Lipinski definition) is 4. The second-order valence-electron chi connectivity index (χ2n) is 3.82. The van der Waals surface area contributed by atoms with Crippen molar-refractivity contribution in [3.63, 3.8) is 0 Å². The van der Waals surface area contributed by atoms with Gasteiger partial charge in [0, 0.05) is 12.6 Å². The molecule has 0 amide bonds. The molecule has 1 saturated heterocycles. The number of hydrogen-bond donors (Lipinski definition) is 1. The molecule has 1 atom stereocenters. The molecular weight excluding hydrogens is 248 g/mol. The van der Waals surface area contributed by atoms with Crippen molar-refractivity contribution in [2.45, 2.75) is 32.2 Å². The molecule has 0 aromatic carbocycles. The van der Waals surface area contributed by atoms with Crippen LogP contribution < -0.4 is 4.90 Å². The molecule has 1 aliphatic rings. The molecule has 1 N–H and O–H groups in total. The van der Waals surface area contributed by atoms with Gasteiger partial charge in [-0.2, -0.15) is 0 Å². The molecule has 1 aromatic rings. The number of aromatic carboxylic acids is 1. The Morgan fingerprint density at radius 1 is 1.75 bits per heavy atom. The van der Waals surface area contributed by atoms with Crippen molar-refractivity contribution in [2.75, 3.05) is 11.4 Å². The lowest BCUT2D eigenvalue weighted by molar-refractivity contribution is 0.0702. The van der Waals surface area contributed by atoms with E-state index in [0.717, 1.165) is 30.9 Å². The van der Waals surface area contributed by atoms with Crippen LogP contribution in [0.5, 0.6) is 0 Å². The third-order valence-electron chi connectivity index (χ3n) is 2.86. The summed E-state index contributed by atoms with van der Waals surface area (Å²) in [7, 11) is 0. The largest absolute Gasteiger partial charge is 0.477 e. The lowest BCUT2D eigenvalue weighted by Crippen LogP contribution is -2.28. The van der Waals surface area contributed by atoms with Crippen molar-refractivity contribution < 1.29 is 9.90 Å². The Bertz CT molecular complexity index is 408. The summed E-state index contributed by atoms with van der Waals surface area (Å²) in [5.41, 5.74) is 0. The number of rotatable bonds is 3. The molecule has 4 nitrogen and oxygen atoms in total. The number of thiazole rings is 1. The number of anilines is 1. The molecule has 0 bridgehead atoms. The van der Waals surface area contributed by atoms with E-state index in [1.807, 2.05) is 0 Å². The molecule has 0 radical (unpaired) electrons. The molecule has 1 fully saturated rings. The summed E-state index contributed by atoms with van der Waals surface area (Å²) in [5, 5.41) is 9.76. The smallest absolute Gasteiger partial charge is 0.349 e. The number of nitrogens with zero attached hydrogens (tertiary/aromatic N) is 2. The Morgan fingerprint density at radius 2 is 2.50 bits per heavy atom. The van der Waals surface area contributed by atoms with Gasteiger partial charge in [0.15, 0.2) is 15.2 Å². The summed E-state index contributed by atoms with van der Waals surface area (Å²) in [6.07, 6.45) is 3.34. The minimum atomic E-state index is -0.999. The summed E-state index contributed by atoms with van der Waals surface area (Å²) >= 11 is 6.97. The van der Waals surface area contributed by atoms with Gasteiger partial charge in [0.1, 0.15) is 0 Å². The SMILES string of the molecule is CCC1CCCN1c1nc(Cl)c(C(=O)O)s1. The Labute approximate surface area is 103 Å². The summed E-state index contributed by atoms with van der Waals surface area (Å²) in [6, 6.07) is 0.476. The number of carbonyl (C=O) groups is 1. The summed E-state index contributed by atoms with van der Waals surface area (Å²) in [4.78, 5) is 17.3. The Kier molecular flexibility index (Phi) is 3.35. The van der Waals surface area contributed by atoms with Crippen LogP contribution in [0.2, 0.25) is 5.15 Å². The zero-order chi connectivity index (χ0) is 11.7. The van der Waals surface area contributed by atoms with Crippen LogP contribution in [0.25, 0.3) is 0 Å². The second kappa shape index (κ2) is 4.59. The van der Waals surface area contributed by atoms with Gasteiger partial charge in [-0.15, -0.1) is 0 Å². The molecule has 1 unspecified atom stereocenters. The molecule has 2 rings (SSSR count). The molecule has 0 saturated carbocycles. The molecule has 1 aliphatic heterocycles. The van der Waals surface area contributed by atoms with Crippen molar-refractivity contribution in [1.82, 2.24) is 4.98 Å². The fourth-order valence-electron chi connectivity index (χ4n) is 2.06. The van der Waals surface area contributed by atoms with E-state index in [1.54, 1.807) is 0 Å². The van der Waals surface area contributed by atoms with E-state index in [-0.39, 0.29) is 10.0 Å². The molecule has 0 spiro atoms. The van der Waals surface area contributed by atoms with E-state index in [2.05, 4.69) is 16.8 Å². The minimum Gasteiger partial charge on any atom is -0.477 e. The van der Waals surface area contributed by atoms with Crippen LogP contribution in [-0.4, -0.2) is 28.6 Å². The standard InChI is InChI=1S/C10H13ClN2O2S/c1-2-6-4-3-5-13(6)10-12-8(11)7(16-10)9(14)15/h6H,2-5H2,1H3,(H,14,15). The highest BCUT2D eigenvalue weighted by atomic mass is 35.5. The average molecular weight is 261 g/mol. The van der Waals surface area contributed by atoms with Crippen molar-refractivity contribution in [1.29, 1.82) is 0 Å². The Hall–Kier alpha value is -0.810. The van der Waals surface area contributed by atoms with Gasteiger partial charge in [0.2, 0.25) is 0 Å². The van der Waals surface area contributed by atoms with Crippen molar-refractivity contribution in [3.05, 3.63) is 10.0 Å². The molecule has 0 aliphatic carbocycles. The van der Waals surface area contributed by atoms with Crippen LogP contribution in [0.3, 0.4) is 0 Å². The molecule has 6 heteroatoms. The minimum absolute atomic E-state index is 0.106. The van der Waals surface area contributed by atoms with Crippen LogP contribution >= 0.6 is 22.9 Å². The first kappa shape index (κ1) is 11.7. The number of halogens is 1. The van der Waals surface area contributed by atoms with Crippen LogP contribution in [-0.2, 0) is 0 Å². The lowest BCUT2D eigenvalue weighted by Gasteiger charge is -2.22. The van der Waals surface area contributed by atoms with Crippen molar-refractivity contribution in [3.8, 4) is 0 Å². The maximum Gasteiger partial charge on any atom is 0.349 e. The van der Waals surface area contributed by atoms with Gasteiger partial charge in [-0.25, -0.2) is 9.78 Å². The summed E-state index contributed by atoms with van der Waals surface area (Å²) < 4.78 is 0. The first-order valence-corrected chi connectivity index (χ1v) is 6.49. The van der Waals surface area contributed by atoms with Gasteiger partial charge in [-0.1, -0.05) is 29.9 Å². The van der Waals surface area contributed by atoms with Crippen LogP contribution in [0.15, 0.2) is 0 Å². The van der Waals surface area contributed by atoms with Crippen LogP contribution in [0.1, 0.15) is 35.9 Å². The highest BCUT2D eigenvalue weighted by Gasteiger charge is 2.27. The zero-order valence-corrected chi connectivity index (χ0v) is 10.5. The molecule has 2 heterocycles. The lowest BCUT2D eigenvalue weighted by atomic mass is 10.2. The average Bonchev–Trinajstić information content (AvgIpc) is 2.82. The normalized spacial score (nSPS) is 20.4. The van der Waals surface area contributed by atoms with E-state index in [0.29, 0.717) is 6.04 Å². The van der Waals surface area contributed by atoms with Gasteiger partial charge in [-0.3, -0.25) is 0 Å². The predicted molar refractivity (Wildman–Crippen MR) is 64.7 cm³/mol. The van der Waals surface area contributed by atoms with Crippen LogP contribution in [0, 0.1) is 0 Å². The van der Waals surface area contributed by atoms with E-state index < -0.39 is 5.97 Å². The summed E-state index contributed by atoms with van der Waals surface area (Å²) in [5.74, 6) is -0.999. The fourth-order valence-corrected chi connectivity index (χ4v) is 3.28. The van der Waals surface area contributed by atoms with E-state index in [9.17, 15) is 4.79 Å². The number of carboxylic acid groups (broad SMARTS) is 1. The Balaban J connectivity index is 2.27. The first-order valence-electron chi connectivity index (χ1n) is 5.29. The fraction of sp³-hybridized carbons (Fsp3) is 0.600. The maximum absolute atomic E-state index is 10.9. The predicted octanol–water partition coefficient (Wildman–Crippen LogP) is 2.87. The zero-order valence-electron chi connectivity index (χ0n) is 8.94. The first-order chi connectivity index (χ1) is 7.63. The van der Waals surface area contributed by atoms with E-state index in [4.69, 9.17) is 16.7 Å². The maximum atomic E-state index is 10.9. The van der Waals surface area contributed by atoms with Gasteiger partial charge in [-0.05, 0) is 19.3 Å². The van der Waals surface area contributed by atoms with E-state index >= 15 is 0 Å². The third-order valence-corrected chi connectivity index (χ3v) is 4.33. The van der Waals surface area contributed by atoms with Gasteiger partial charge < -0.3 is 10.0 Å². The molecule has 16 heavy (non-hydrogen) atoms. The molecule has 1 aromatic heterocycles. The summed E-state index contributed by atoms with van der Waals surface area (Å²) in [6.45, 7) is 3.08. The second-order valence-corrected chi connectivity index (χ2v) is 5.15. The van der Waals surface area contributed by atoms with Crippen LogP contribution in [0.4, 0.5) is 5.13 Å². The third kappa shape index (κ3) is 2.01. The quantitative estimate of drug-likeness (QED) is 0.908. The molecular formula is C10H13ClN2O2S. The van der Waals surface area contributed by atoms with E-state index in [1.165, 1.54) is 11.3 Å². The highest BCUT2D eigenvalue weighted by Crippen LogP contribution is 2.34. The molecule has 88 valence electrons. The van der Waals surface area contributed by atoms with Crippen molar-refractivity contribution in [2.24, 2.45) is 0 Å².